The van der Waals surface area contributed by atoms with Crippen LogP contribution in [0.4, 0.5) is 5.69 Å². The molecule has 2 N–H and O–H groups in total. The van der Waals surface area contributed by atoms with Gasteiger partial charge in [-0.25, -0.2) is 8.42 Å². The molecule has 8 heteroatoms. The Morgan fingerprint density at radius 2 is 1.76 bits per heavy atom. The number of carbonyl (C=O) groups is 1. The van der Waals surface area contributed by atoms with E-state index in [1.807, 2.05) is 0 Å². The first kappa shape index (κ1) is 21.0. The maximum atomic E-state index is 12.5. The summed E-state index contributed by atoms with van der Waals surface area (Å²) >= 11 is 0. The fraction of sp³-hybridized carbons (Fsp3) is 0.381. The Morgan fingerprint density at radius 1 is 1.03 bits per heavy atom. The highest BCUT2D eigenvalue weighted by molar-refractivity contribution is 7.92. The number of hydrogen-bond donors (Lipinski definition) is 2. The van der Waals surface area contributed by atoms with Crippen molar-refractivity contribution in [2.75, 3.05) is 18.4 Å². The summed E-state index contributed by atoms with van der Waals surface area (Å²) in [5.74, 6) is 0.831. The van der Waals surface area contributed by atoms with E-state index < -0.39 is 10.0 Å². The molecule has 0 aromatic heterocycles. The van der Waals surface area contributed by atoms with Crippen LogP contribution in [0, 0.1) is 0 Å². The van der Waals surface area contributed by atoms with Crippen LogP contribution in [-0.2, 0) is 14.8 Å². The molecule has 1 saturated carbocycles. The molecule has 7 nitrogen and oxygen atoms in total. The molecule has 0 bridgehead atoms. The highest BCUT2D eigenvalue weighted by Crippen LogP contribution is 2.22. The van der Waals surface area contributed by atoms with E-state index in [2.05, 4.69) is 10.0 Å². The van der Waals surface area contributed by atoms with Gasteiger partial charge in [-0.3, -0.25) is 9.52 Å². The topological polar surface area (TPSA) is 93.7 Å². The summed E-state index contributed by atoms with van der Waals surface area (Å²) < 4.78 is 38.2. The summed E-state index contributed by atoms with van der Waals surface area (Å²) in [6.45, 7) is -0.0926. The van der Waals surface area contributed by atoms with Gasteiger partial charge in [0, 0.05) is 12.1 Å². The number of amides is 1. The number of hydrogen-bond acceptors (Lipinski definition) is 5. The summed E-state index contributed by atoms with van der Waals surface area (Å²) in [7, 11) is -2.23. The number of sulfonamides is 1. The van der Waals surface area contributed by atoms with Crippen LogP contribution < -0.4 is 19.5 Å². The van der Waals surface area contributed by atoms with Crippen LogP contribution in [-0.4, -0.2) is 34.1 Å². The van der Waals surface area contributed by atoms with Crippen LogP contribution in [0.15, 0.2) is 53.4 Å². The molecule has 0 radical (unpaired) electrons. The van der Waals surface area contributed by atoms with E-state index in [1.165, 1.54) is 37.8 Å². The van der Waals surface area contributed by atoms with Gasteiger partial charge in [0.2, 0.25) is 0 Å². The van der Waals surface area contributed by atoms with Crippen molar-refractivity contribution in [3.8, 4) is 11.5 Å². The molecular formula is C21H26N2O5S. The van der Waals surface area contributed by atoms with Crippen LogP contribution in [0.5, 0.6) is 11.5 Å². The lowest BCUT2D eigenvalue weighted by molar-refractivity contribution is -0.124. The predicted molar refractivity (Wildman–Crippen MR) is 111 cm³/mol. The lowest BCUT2D eigenvalue weighted by atomic mass is 9.95. The Kier molecular flexibility index (Phi) is 6.98. The second-order valence-corrected chi connectivity index (χ2v) is 8.68. The first-order valence-corrected chi connectivity index (χ1v) is 11.1. The quantitative estimate of drug-likeness (QED) is 0.686. The molecule has 0 atom stereocenters. The second-order valence-electron chi connectivity index (χ2n) is 7.00. The first-order chi connectivity index (χ1) is 14.0. The normalized spacial score (nSPS) is 14.8. The van der Waals surface area contributed by atoms with E-state index in [1.54, 1.807) is 24.3 Å². The molecule has 0 spiro atoms. The number of carbonyl (C=O) groups excluding carboxylic acids is 1. The van der Waals surface area contributed by atoms with Gasteiger partial charge in [-0.15, -0.1) is 0 Å². The van der Waals surface area contributed by atoms with Crippen LogP contribution in [0.3, 0.4) is 0 Å². The van der Waals surface area contributed by atoms with Crippen molar-refractivity contribution >= 4 is 21.6 Å². The zero-order valence-electron chi connectivity index (χ0n) is 16.4. The average molecular weight is 419 g/mol. The Hall–Kier alpha value is -2.74. The molecule has 0 saturated heterocycles. The number of benzene rings is 2. The minimum absolute atomic E-state index is 0.0926. The molecule has 1 amide bonds. The number of anilines is 1. The van der Waals surface area contributed by atoms with Crippen LogP contribution in [0.2, 0.25) is 0 Å². The Bertz CT molecular complexity index is 922. The fourth-order valence-electron chi connectivity index (χ4n) is 3.28. The molecule has 1 aliphatic carbocycles. The molecule has 3 rings (SSSR count). The maximum absolute atomic E-state index is 12.5. The van der Waals surface area contributed by atoms with Gasteiger partial charge < -0.3 is 14.8 Å². The van der Waals surface area contributed by atoms with Gasteiger partial charge in [0.15, 0.2) is 6.61 Å². The summed E-state index contributed by atoms with van der Waals surface area (Å²) in [6, 6.07) is 12.9. The van der Waals surface area contributed by atoms with Gasteiger partial charge >= 0.3 is 0 Å². The van der Waals surface area contributed by atoms with Gasteiger partial charge in [0.25, 0.3) is 15.9 Å². The fourth-order valence-corrected chi connectivity index (χ4v) is 4.33. The van der Waals surface area contributed by atoms with Gasteiger partial charge in [0.1, 0.15) is 11.5 Å². The van der Waals surface area contributed by atoms with Crippen molar-refractivity contribution in [3.63, 3.8) is 0 Å². The van der Waals surface area contributed by atoms with Crippen molar-refractivity contribution in [2.45, 2.75) is 43.0 Å². The highest BCUT2D eigenvalue weighted by atomic mass is 32.2. The monoisotopic (exact) mass is 418 g/mol. The standard InChI is InChI=1S/C21H26N2O5S/c1-27-19-9-5-8-17(14-19)23-29(25,26)20-12-10-18(11-13-20)28-15-21(24)22-16-6-3-2-4-7-16/h5,8-14,16,23H,2-4,6-7,15H2,1H3,(H,22,24). The number of nitrogens with one attached hydrogen (secondary N) is 2. The number of rotatable bonds is 8. The van der Waals surface area contributed by atoms with Crippen molar-refractivity contribution < 1.29 is 22.7 Å². The van der Waals surface area contributed by atoms with Crippen LogP contribution >= 0.6 is 0 Å². The lowest BCUT2D eigenvalue weighted by Gasteiger charge is -2.22. The zero-order chi connectivity index (χ0) is 20.7. The summed E-state index contributed by atoms with van der Waals surface area (Å²) in [6.07, 6.45) is 5.54. The van der Waals surface area contributed by atoms with Gasteiger partial charge in [-0.05, 0) is 49.2 Å². The smallest absolute Gasteiger partial charge is 0.261 e. The molecule has 1 fully saturated rings. The summed E-state index contributed by atoms with van der Waals surface area (Å²) in [4.78, 5) is 12.1. The molecule has 29 heavy (non-hydrogen) atoms. The molecular weight excluding hydrogens is 392 g/mol. The molecule has 1 aliphatic rings. The highest BCUT2D eigenvalue weighted by Gasteiger charge is 2.17. The van der Waals surface area contributed by atoms with E-state index in [9.17, 15) is 13.2 Å². The van der Waals surface area contributed by atoms with Gasteiger partial charge in [-0.2, -0.15) is 0 Å². The molecule has 0 unspecified atom stereocenters. The summed E-state index contributed by atoms with van der Waals surface area (Å²) in [5, 5.41) is 2.98. The van der Waals surface area contributed by atoms with Gasteiger partial charge in [0.05, 0.1) is 17.7 Å². The first-order valence-electron chi connectivity index (χ1n) is 9.65. The van der Waals surface area contributed by atoms with E-state index in [4.69, 9.17) is 9.47 Å². The van der Waals surface area contributed by atoms with Gasteiger partial charge in [-0.1, -0.05) is 25.3 Å². The van der Waals surface area contributed by atoms with Crippen LogP contribution in [0.25, 0.3) is 0 Å². The third-order valence-corrected chi connectivity index (χ3v) is 6.19. The van der Waals surface area contributed by atoms with Crippen molar-refractivity contribution in [3.05, 3.63) is 48.5 Å². The molecule has 0 aliphatic heterocycles. The lowest BCUT2D eigenvalue weighted by Crippen LogP contribution is -2.38. The minimum atomic E-state index is -3.75. The maximum Gasteiger partial charge on any atom is 0.261 e. The van der Waals surface area contributed by atoms with Crippen molar-refractivity contribution in [1.82, 2.24) is 5.32 Å². The van der Waals surface area contributed by atoms with E-state index >= 15 is 0 Å². The Labute approximate surface area is 171 Å². The zero-order valence-corrected chi connectivity index (χ0v) is 17.2. The number of ether oxygens (including phenoxy) is 2. The van der Waals surface area contributed by atoms with Crippen molar-refractivity contribution in [2.24, 2.45) is 0 Å². The average Bonchev–Trinajstić information content (AvgIpc) is 2.73. The second kappa shape index (κ2) is 9.65. The van der Waals surface area contributed by atoms with Crippen LogP contribution in [0.1, 0.15) is 32.1 Å². The largest absolute Gasteiger partial charge is 0.497 e. The van der Waals surface area contributed by atoms with E-state index in [0.29, 0.717) is 17.2 Å². The minimum Gasteiger partial charge on any atom is -0.497 e. The van der Waals surface area contributed by atoms with E-state index in [-0.39, 0.29) is 23.5 Å². The predicted octanol–water partition coefficient (Wildman–Crippen LogP) is 3.32. The third kappa shape index (κ3) is 6.12. The summed E-state index contributed by atoms with van der Waals surface area (Å²) in [5.41, 5.74) is 0.407. The number of methoxy groups -OCH3 is 1. The Balaban J connectivity index is 1.55. The molecule has 0 heterocycles. The Morgan fingerprint density at radius 3 is 2.45 bits per heavy atom. The molecule has 156 valence electrons. The third-order valence-electron chi connectivity index (χ3n) is 4.80. The molecule has 2 aromatic carbocycles. The van der Waals surface area contributed by atoms with Crippen molar-refractivity contribution in [1.29, 1.82) is 0 Å². The molecule has 2 aromatic rings. The SMILES string of the molecule is COc1cccc(NS(=O)(=O)c2ccc(OCC(=O)NC3CCCCC3)cc2)c1. The van der Waals surface area contributed by atoms with E-state index in [0.717, 1.165) is 25.7 Å².